The van der Waals surface area contributed by atoms with Crippen LogP contribution in [0.1, 0.15) is 25.7 Å². The molecule has 142 valence electrons. The number of hydrogen-bond donors (Lipinski definition) is 1. The van der Waals surface area contributed by atoms with Crippen molar-refractivity contribution in [2.75, 3.05) is 45.4 Å². The van der Waals surface area contributed by atoms with Crippen molar-refractivity contribution in [3.8, 4) is 0 Å². The third-order valence-corrected chi connectivity index (χ3v) is 5.23. The second-order valence-corrected chi connectivity index (χ2v) is 7.17. The number of cyclic esters (lactones) is 1. The lowest BCUT2D eigenvalue weighted by atomic mass is 10.0. The van der Waals surface area contributed by atoms with E-state index in [0.29, 0.717) is 26.1 Å². The van der Waals surface area contributed by atoms with Crippen molar-refractivity contribution in [1.29, 1.82) is 0 Å². The quantitative estimate of drug-likeness (QED) is 0.706. The van der Waals surface area contributed by atoms with Crippen LogP contribution in [0.15, 0.2) is 0 Å². The fourth-order valence-corrected chi connectivity index (χ4v) is 3.62. The number of likely N-dealkylation sites (tertiary alicyclic amines) is 1. The van der Waals surface area contributed by atoms with Gasteiger partial charge in [0.1, 0.15) is 6.04 Å². The van der Waals surface area contributed by atoms with E-state index in [1.807, 2.05) is 6.26 Å². The normalized spacial score (nSPS) is 20.0. The van der Waals surface area contributed by atoms with Crippen molar-refractivity contribution in [3.63, 3.8) is 0 Å². The lowest BCUT2D eigenvalue weighted by molar-refractivity contribution is -0.142. The van der Waals surface area contributed by atoms with Gasteiger partial charge in [0.05, 0.1) is 13.7 Å². The summed E-state index contributed by atoms with van der Waals surface area (Å²) in [5.74, 6) is 0.340. The van der Waals surface area contributed by atoms with Crippen molar-refractivity contribution in [2.45, 2.75) is 37.8 Å². The molecule has 3 amide bonds. The van der Waals surface area contributed by atoms with Crippen LogP contribution in [0.25, 0.3) is 0 Å². The van der Waals surface area contributed by atoms with Gasteiger partial charge in [0.2, 0.25) is 0 Å². The van der Waals surface area contributed by atoms with E-state index < -0.39 is 12.0 Å². The lowest BCUT2D eigenvalue weighted by Crippen LogP contribution is -2.54. The third-order valence-electron chi connectivity index (χ3n) is 4.59. The van der Waals surface area contributed by atoms with Crippen molar-refractivity contribution >= 4 is 29.9 Å². The van der Waals surface area contributed by atoms with E-state index in [-0.39, 0.29) is 18.2 Å². The van der Waals surface area contributed by atoms with E-state index in [0.717, 1.165) is 31.6 Å². The SMILES string of the molecule is COC(=O)C(CCSC)NC(=O)N1CCC(N2CCCOC2=O)CC1. The minimum Gasteiger partial charge on any atom is -0.467 e. The maximum atomic E-state index is 12.4. The summed E-state index contributed by atoms with van der Waals surface area (Å²) in [6.45, 7) is 2.31. The van der Waals surface area contributed by atoms with Gasteiger partial charge in [0.25, 0.3) is 0 Å². The van der Waals surface area contributed by atoms with Gasteiger partial charge in [-0.15, -0.1) is 0 Å². The molecule has 1 atom stereocenters. The van der Waals surface area contributed by atoms with Gasteiger partial charge >= 0.3 is 18.1 Å². The number of ether oxygens (including phenoxy) is 2. The highest BCUT2D eigenvalue weighted by molar-refractivity contribution is 7.98. The Morgan fingerprint density at radius 1 is 1.36 bits per heavy atom. The highest BCUT2D eigenvalue weighted by Crippen LogP contribution is 2.20. The number of urea groups is 1. The van der Waals surface area contributed by atoms with Crippen molar-refractivity contribution in [1.82, 2.24) is 15.1 Å². The van der Waals surface area contributed by atoms with E-state index in [4.69, 9.17) is 9.47 Å². The molecular formula is C16H27N3O5S. The third kappa shape index (κ3) is 5.42. The molecule has 0 aromatic rings. The zero-order valence-corrected chi connectivity index (χ0v) is 15.7. The average Bonchev–Trinajstić information content (AvgIpc) is 2.65. The van der Waals surface area contributed by atoms with Crippen LogP contribution in [0.3, 0.4) is 0 Å². The molecule has 2 aliphatic heterocycles. The molecule has 0 bridgehead atoms. The second kappa shape index (κ2) is 9.74. The summed E-state index contributed by atoms with van der Waals surface area (Å²) in [5.41, 5.74) is 0. The summed E-state index contributed by atoms with van der Waals surface area (Å²) in [7, 11) is 1.32. The van der Waals surface area contributed by atoms with Gasteiger partial charge in [0, 0.05) is 25.7 Å². The molecule has 2 aliphatic rings. The van der Waals surface area contributed by atoms with E-state index in [9.17, 15) is 14.4 Å². The predicted molar refractivity (Wildman–Crippen MR) is 94.6 cm³/mol. The lowest BCUT2D eigenvalue weighted by Gasteiger charge is -2.39. The van der Waals surface area contributed by atoms with Crippen molar-refractivity contribution in [2.24, 2.45) is 0 Å². The Labute approximate surface area is 152 Å². The number of carbonyl (C=O) groups excluding carboxylic acids is 3. The molecule has 2 saturated heterocycles. The topological polar surface area (TPSA) is 88.2 Å². The highest BCUT2D eigenvalue weighted by Gasteiger charge is 2.32. The van der Waals surface area contributed by atoms with Gasteiger partial charge in [-0.05, 0) is 37.7 Å². The molecule has 0 aromatic carbocycles. The molecule has 9 heteroatoms. The molecule has 2 heterocycles. The van der Waals surface area contributed by atoms with Crippen LogP contribution in [0.5, 0.6) is 0 Å². The first-order chi connectivity index (χ1) is 12.1. The predicted octanol–water partition coefficient (Wildman–Crippen LogP) is 1.30. The minimum atomic E-state index is -0.625. The van der Waals surface area contributed by atoms with Crippen LogP contribution >= 0.6 is 11.8 Å². The summed E-state index contributed by atoms with van der Waals surface area (Å²) in [6, 6.07) is -0.763. The Bertz CT molecular complexity index is 482. The molecule has 0 aliphatic carbocycles. The number of amides is 3. The monoisotopic (exact) mass is 373 g/mol. The smallest absolute Gasteiger partial charge is 0.410 e. The van der Waals surface area contributed by atoms with Gasteiger partial charge in [-0.3, -0.25) is 0 Å². The fourth-order valence-electron chi connectivity index (χ4n) is 3.15. The maximum Gasteiger partial charge on any atom is 0.410 e. The Hall–Kier alpha value is -1.64. The number of esters is 1. The van der Waals surface area contributed by atoms with E-state index in [1.165, 1.54) is 7.11 Å². The molecule has 1 unspecified atom stereocenters. The van der Waals surface area contributed by atoms with E-state index >= 15 is 0 Å². The highest BCUT2D eigenvalue weighted by atomic mass is 32.2. The Morgan fingerprint density at radius 2 is 2.08 bits per heavy atom. The van der Waals surface area contributed by atoms with Crippen molar-refractivity contribution < 1.29 is 23.9 Å². The van der Waals surface area contributed by atoms with Gasteiger partial charge in [0.15, 0.2) is 0 Å². The molecule has 0 radical (unpaired) electrons. The number of piperidine rings is 1. The largest absolute Gasteiger partial charge is 0.467 e. The van der Waals surface area contributed by atoms with Crippen molar-refractivity contribution in [3.05, 3.63) is 0 Å². The van der Waals surface area contributed by atoms with Crippen LogP contribution in [0, 0.1) is 0 Å². The van der Waals surface area contributed by atoms with Crippen LogP contribution < -0.4 is 5.32 Å². The number of methoxy groups -OCH3 is 1. The molecule has 25 heavy (non-hydrogen) atoms. The summed E-state index contributed by atoms with van der Waals surface area (Å²) in [5, 5.41) is 2.77. The molecule has 1 N–H and O–H groups in total. The molecule has 8 nitrogen and oxygen atoms in total. The number of hydrogen-bond acceptors (Lipinski definition) is 6. The minimum absolute atomic E-state index is 0.116. The zero-order chi connectivity index (χ0) is 18.2. The first-order valence-corrected chi connectivity index (χ1v) is 10.0. The number of rotatable bonds is 6. The molecule has 0 aromatic heterocycles. The summed E-state index contributed by atoms with van der Waals surface area (Å²) >= 11 is 1.61. The molecule has 2 fully saturated rings. The second-order valence-electron chi connectivity index (χ2n) is 6.19. The van der Waals surface area contributed by atoms with Crippen LogP contribution in [-0.4, -0.2) is 85.3 Å². The van der Waals surface area contributed by atoms with Crippen LogP contribution in [-0.2, 0) is 14.3 Å². The summed E-state index contributed by atoms with van der Waals surface area (Å²) in [6.07, 6.45) is 4.52. The Balaban J connectivity index is 1.83. The van der Waals surface area contributed by atoms with E-state index in [2.05, 4.69) is 5.32 Å². The molecule has 0 spiro atoms. The van der Waals surface area contributed by atoms with Gasteiger partial charge in [-0.1, -0.05) is 0 Å². The number of thioether (sulfide) groups is 1. The summed E-state index contributed by atoms with van der Waals surface area (Å²) < 4.78 is 9.85. The number of nitrogens with one attached hydrogen (secondary N) is 1. The Kier molecular flexibility index (Phi) is 7.67. The Morgan fingerprint density at radius 3 is 2.68 bits per heavy atom. The van der Waals surface area contributed by atoms with Gasteiger partial charge in [-0.25, -0.2) is 14.4 Å². The molecule has 0 saturated carbocycles. The van der Waals surface area contributed by atoms with Crippen LogP contribution in [0.4, 0.5) is 9.59 Å². The zero-order valence-electron chi connectivity index (χ0n) is 14.9. The maximum absolute atomic E-state index is 12.4. The first-order valence-electron chi connectivity index (χ1n) is 8.62. The summed E-state index contributed by atoms with van der Waals surface area (Å²) in [4.78, 5) is 39.5. The van der Waals surface area contributed by atoms with Gasteiger partial charge < -0.3 is 24.6 Å². The number of carbonyl (C=O) groups is 3. The van der Waals surface area contributed by atoms with Gasteiger partial charge in [-0.2, -0.15) is 11.8 Å². The first kappa shape index (κ1) is 19.7. The fraction of sp³-hybridized carbons (Fsp3) is 0.812. The van der Waals surface area contributed by atoms with E-state index in [1.54, 1.807) is 21.6 Å². The van der Waals surface area contributed by atoms with Crippen LogP contribution in [0.2, 0.25) is 0 Å². The average molecular weight is 373 g/mol. The standard InChI is InChI=1S/C16H27N3O5S/c1-23-14(20)13(6-11-25-2)17-15(21)18-8-4-12(5-9-18)19-7-3-10-24-16(19)22/h12-13H,3-11H2,1-2H3,(H,17,21). The molecule has 2 rings (SSSR count). The molecular weight excluding hydrogens is 346 g/mol. The number of nitrogens with zero attached hydrogens (tertiary/aromatic N) is 2.